The van der Waals surface area contributed by atoms with Crippen LogP contribution in [0.25, 0.3) is 0 Å². The molecule has 74 valence electrons. The largest absolute Gasteiger partial charge is 0.368 e. The standard InChI is InChI=1S/C10H8F2O2/c11-9-6(3-4-13)1-2-7(10(9)12)8-5-14-8/h1-2,4,8H,3,5H2. The minimum absolute atomic E-state index is 0.0851. The summed E-state index contributed by atoms with van der Waals surface area (Å²) >= 11 is 0. The molecule has 2 nitrogen and oxygen atoms in total. The van der Waals surface area contributed by atoms with Crippen molar-refractivity contribution in [3.63, 3.8) is 0 Å². The van der Waals surface area contributed by atoms with Gasteiger partial charge in [0, 0.05) is 12.0 Å². The fourth-order valence-electron chi connectivity index (χ4n) is 1.33. The maximum atomic E-state index is 13.3. The van der Waals surface area contributed by atoms with Crippen molar-refractivity contribution < 1.29 is 18.3 Å². The Morgan fingerprint density at radius 1 is 1.43 bits per heavy atom. The van der Waals surface area contributed by atoms with E-state index in [1.807, 2.05) is 0 Å². The van der Waals surface area contributed by atoms with Gasteiger partial charge in [0.2, 0.25) is 0 Å². The molecule has 14 heavy (non-hydrogen) atoms. The molecule has 1 saturated heterocycles. The molecule has 0 spiro atoms. The van der Waals surface area contributed by atoms with Crippen LogP contribution in [0.2, 0.25) is 0 Å². The molecule has 0 radical (unpaired) electrons. The second kappa shape index (κ2) is 3.46. The highest BCUT2D eigenvalue weighted by molar-refractivity contribution is 5.55. The van der Waals surface area contributed by atoms with Gasteiger partial charge in [0.25, 0.3) is 0 Å². The number of epoxide rings is 1. The Labute approximate surface area is 79.5 Å². The molecule has 1 atom stereocenters. The summed E-state index contributed by atoms with van der Waals surface area (Å²) in [6, 6.07) is 2.89. The highest BCUT2D eigenvalue weighted by Gasteiger charge is 2.29. The molecular formula is C10H8F2O2. The van der Waals surface area contributed by atoms with E-state index in [0.717, 1.165) is 0 Å². The van der Waals surface area contributed by atoms with Gasteiger partial charge in [-0.15, -0.1) is 0 Å². The number of benzene rings is 1. The second-order valence-electron chi connectivity index (χ2n) is 3.13. The van der Waals surface area contributed by atoms with Crippen molar-refractivity contribution in [3.05, 3.63) is 34.9 Å². The monoisotopic (exact) mass is 198 g/mol. The van der Waals surface area contributed by atoms with Gasteiger partial charge >= 0.3 is 0 Å². The van der Waals surface area contributed by atoms with Gasteiger partial charge in [-0.3, -0.25) is 0 Å². The van der Waals surface area contributed by atoms with E-state index >= 15 is 0 Å². The molecule has 4 heteroatoms. The zero-order valence-corrected chi connectivity index (χ0v) is 7.30. The zero-order chi connectivity index (χ0) is 10.1. The number of carbonyl (C=O) groups excluding carboxylic acids is 1. The third-order valence-corrected chi connectivity index (χ3v) is 2.18. The maximum Gasteiger partial charge on any atom is 0.165 e. The lowest BCUT2D eigenvalue weighted by molar-refractivity contribution is -0.107. The van der Waals surface area contributed by atoms with Gasteiger partial charge in [-0.05, 0) is 5.56 Å². The first-order valence-electron chi connectivity index (χ1n) is 4.26. The summed E-state index contributed by atoms with van der Waals surface area (Å²) in [6.07, 6.45) is 0.134. The fraction of sp³-hybridized carbons (Fsp3) is 0.300. The molecular weight excluding hydrogens is 190 g/mol. The van der Waals surface area contributed by atoms with Gasteiger partial charge in [-0.1, -0.05) is 12.1 Å². The van der Waals surface area contributed by atoms with E-state index in [4.69, 9.17) is 4.74 Å². The first-order chi connectivity index (χ1) is 6.74. The van der Waals surface area contributed by atoms with E-state index in [-0.39, 0.29) is 23.7 Å². The number of halogens is 2. The molecule has 2 rings (SSSR count). The highest BCUT2D eigenvalue weighted by atomic mass is 19.2. The Bertz CT molecular complexity index is 373. The van der Waals surface area contributed by atoms with Crippen LogP contribution in [0, 0.1) is 11.6 Å². The minimum atomic E-state index is -0.940. The quantitative estimate of drug-likeness (QED) is 0.547. The van der Waals surface area contributed by atoms with Crippen molar-refractivity contribution in [2.75, 3.05) is 6.61 Å². The van der Waals surface area contributed by atoms with Crippen molar-refractivity contribution in [1.82, 2.24) is 0 Å². The van der Waals surface area contributed by atoms with Gasteiger partial charge in [0.05, 0.1) is 6.61 Å². The van der Waals surface area contributed by atoms with Crippen LogP contribution in [0.1, 0.15) is 17.2 Å². The van der Waals surface area contributed by atoms with E-state index in [1.165, 1.54) is 12.1 Å². The molecule has 0 bridgehead atoms. The van der Waals surface area contributed by atoms with Crippen LogP contribution < -0.4 is 0 Å². The van der Waals surface area contributed by atoms with Crippen molar-refractivity contribution in [1.29, 1.82) is 0 Å². The lowest BCUT2D eigenvalue weighted by atomic mass is 10.1. The van der Waals surface area contributed by atoms with Crippen LogP contribution >= 0.6 is 0 Å². The third kappa shape index (κ3) is 1.53. The Balaban J connectivity index is 2.39. The van der Waals surface area contributed by atoms with E-state index < -0.39 is 11.6 Å². The van der Waals surface area contributed by atoms with Crippen LogP contribution in [0.4, 0.5) is 8.78 Å². The summed E-state index contributed by atoms with van der Waals surface area (Å²) in [4.78, 5) is 10.2. The SMILES string of the molecule is O=CCc1ccc(C2CO2)c(F)c1F. The normalized spacial score (nSPS) is 19.4. The van der Waals surface area contributed by atoms with Crippen LogP contribution in [0.5, 0.6) is 0 Å². The summed E-state index contributed by atoms with van der Waals surface area (Å²) in [7, 11) is 0. The van der Waals surface area contributed by atoms with Crippen LogP contribution in [0.15, 0.2) is 12.1 Å². The number of rotatable bonds is 3. The van der Waals surface area contributed by atoms with Crippen LogP contribution in [0.3, 0.4) is 0 Å². The highest BCUT2D eigenvalue weighted by Crippen LogP contribution is 2.33. The predicted octanol–water partition coefficient (Wildman–Crippen LogP) is 1.78. The van der Waals surface area contributed by atoms with Gasteiger partial charge in [0.1, 0.15) is 12.4 Å². The van der Waals surface area contributed by atoms with E-state index in [2.05, 4.69) is 0 Å². The van der Waals surface area contributed by atoms with Crippen molar-refractivity contribution in [3.8, 4) is 0 Å². The molecule has 1 aliphatic heterocycles. The topological polar surface area (TPSA) is 29.6 Å². The third-order valence-electron chi connectivity index (χ3n) is 2.18. The molecule has 0 aromatic heterocycles. The molecule has 1 fully saturated rings. The second-order valence-corrected chi connectivity index (χ2v) is 3.13. The summed E-state index contributed by atoms with van der Waals surface area (Å²) in [5.41, 5.74) is 0.319. The molecule has 1 heterocycles. The van der Waals surface area contributed by atoms with Gasteiger partial charge in [0.15, 0.2) is 11.6 Å². The summed E-state index contributed by atoms with van der Waals surface area (Å²) < 4.78 is 31.4. The fourth-order valence-corrected chi connectivity index (χ4v) is 1.33. The smallest absolute Gasteiger partial charge is 0.165 e. The zero-order valence-electron chi connectivity index (χ0n) is 7.30. The molecule has 1 aliphatic rings. The molecule has 1 aromatic rings. The number of hydrogen-bond acceptors (Lipinski definition) is 2. The predicted molar refractivity (Wildman–Crippen MR) is 44.8 cm³/mol. The number of ether oxygens (including phenoxy) is 1. The molecule has 0 amide bonds. The summed E-state index contributed by atoms with van der Waals surface area (Å²) in [5.74, 6) is -1.84. The van der Waals surface area contributed by atoms with Crippen molar-refractivity contribution >= 4 is 6.29 Å². The Morgan fingerprint density at radius 3 is 2.71 bits per heavy atom. The Hall–Kier alpha value is -1.29. The minimum Gasteiger partial charge on any atom is -0.368 e. The summed E-state index contributed by atoms with van der Waals surface area (Å²) in [6.45, 7) is 0.434. The lowest BCUT2D eigenvalue weighted by Crippen LogP contribution is -1.99. The maximum absolute atomic E-state index is 13.3. The van der Waals surface area contributed by atoms with Gasteiger partial charge in [-0.25, -0.2) is 8.78 Å². The van der Waals surface area contributed by atoms with Crippen LogP contribution in [-0.4, -0.2) is 12.9 Å². The Kier molecular flexibility index (Phi) is 2.29. The van der Waals surface area contributed by atoms with Gasteiger partial charge < -0.3 is 9.53 Å². The Morgan fingerprint density at radius 2 is 2.14 bits per heavy atom. The molecule has 0 aliphatic carbocycles. The molecule has 1 aromatic carbocycles. The van der Waals surface area contributed by atoms with Crippen molar-refractivity contribution in [2.24, 2.45) is 0 Å². The molecule has 0 N–H and O–H groups in total. The lowest BCUT2D eigenvalue weighted by Gasteiger charge is -2.03. The molecule has 1 unspecified atom stereocenters. The first kappa shape index (κ1) is 9.27. The van der Waals surface area contributed by atoms with E-state index in [9.17, 15) is 13.6 Å². The van der Waals surface area contributed by atoms with Crippen LogP contribution in [-0.2, 0) is 16.0 Å². The molecule has 0 saturated carbocycles. The van der Waals surface area contributed by atoms with E-state index in [1.54, 1.807) is 0 Å². The average Bonchev–Trinajstić information content (AvgIpc) is 2.97. The van der Waals surface area contributed by atoms with Crippen molar-refractivity contribution in [2.45, 2.75) is 12.5 Å². The number of carbonyl (C=O) groups is 1. The van der Waals surface area contributed by atoms with E-state index in [0.29, 0.717) is 12.9 Å². The first-order valence-corrected chi connectivity index (χ1v) is 4.26. The summed E-state index contributed by atoms with van der Waals surface area (Å²) in [5, 5.41) is 0. The average molecular weight is 198 g/mol. The number of hydrogen-bond donors (Lipinski definition) is 0. The van der Waals surface area contributed by atoms with Gasteiger partial charge in [-0.2, -0.15) is 0 Å². The number of aldehydes is 1.